The van der Waals surface area contributed by atoms with E-state index in [9.17, 15) is 9.90 Å². The molecule has 0 bridgehead atoms. The van der Waals surface area contributed by atoms with E-state index in [1.54, 1.807) is 0 Å². The third-order valence-corrected chi connectivity index (χ3v) is 5.96. The molecule has 1 radical (unpaired) electrons. The molecule has 3 rings (SSSR count). The number of hydrogen-bond donors (Lipinski definition) is 1. The number of pyridine rings is 1. The fraction of sp³-hybridized carbons (Fsp3) is 0.400. The van der Waals surface area contributed by atoms with Crippen LogP contribution in [0.2, 0.25) is 0 Å². The van der Waals surface area contributed by atoms with Crippen LogP contribution in [0, 0.1) is 23.8 Å². The fourth-order valence-corrected chi connectivity index (χ4v) is 3.08. The van der Waals surface area contributed by atoms with Gasteiger partial charge in [0.25, 0.3) is 0 Å². The molecule has 1 N–H and O–H groups in total. The van der Waals surface area contributed by atoms with Gasteiger partial charge in [0.2, 0.25) is 0 Å². The summed E-state index contributed by atoms with van der Waals surface area (Å²) in [7, 11) is 0. The van der Waals surface area contributed by atoms with E-state index in [4.69, 9.17) is 0 Å². The Morgan fingerprint density at radius 1 is 1.03 bits per heavy atom. The zero-order valence-corrected chi connectivity index (χ0v) is 24.1. The Morgan fingerprint density at radius 3 is 2.21 bits per heavy atom. The van der Waals surface area contributed by atoms with Gasteiger partial charge in [-0.25, -0.2) is 0 Å². The van der Waals surface area contributed by atoms with E-state index in [2.05, 4.69) is 61.3 Å². The van der Waals surface area contributed by atoms with Crippen LogP contribution >= 0.6 is 0 Å². The van der Waals surface area contributed by atoms with Crippen LogP contribution in [0.15, 0.2) is 60.5 Å². The Bertz CT molecular complexity index is 1140. The summed E-state index contributed by atoms with van der Waals surface area (Å²) in [6, 6.07) is 18.2. The third kappa shape index (κ3) is 8.18. The summed E-state index contributed by atoms with van der Waals surface area (Å²) in [6.45, 7) is 15.6. The molecule has 34 heavy (non-hydrogen) atoms. The average Bonchev–Trinajstić information content (AvgIpc) is 2.78. The minimum absolute atomic E-state index is 0. The smallest absolute Gasteiger partial charge is 0.164 e. The minimum atomic E-state index is -0.419. The molecule has 0 aliphatic heterocycles. The van der Waals surface area contributed by atoms with E-state index in [-0.39, 0.29) is 37.1 Å². The number of nitrogens with zero attached hydrogens (tertiary/aromatic N) is 1. The van der Waals surface area contributed by atoms with Crippen molar-refractivity contribution < 1.29 is 30.0 Å². The molecule has 185 valence electrons. The van der Waals surface area contributed by atoms with Crippen LogP contribution in [0.5, 0.6) is 0 Å². The molecular weight excluding hydrogens is 599 g/mol. The Kier molecular flexibility index (Phi) is 10.9. The second-order valence-corrected chi connectivity index (χ2v) is 10.2. The molecule has 3 nitrogen and oxygen atoms in total. The number of hydrogen-bond acceptors (Lipinski definition) is 3. The molecule has 0 saturated heterocycles. The normalized spacial score (nSPS) is 11.9. The number of ketones is 1. The summed E-state index contributed by atoms with van der Waals surface area (Å²) >= 11 is 0. The first-order valence-corrected chi connectivity index (χ1v) is 11.7. The van der Waals surface area contributed by atoms with Gasteiger partial charge in [-0.1, -0.05) is 85.7 Å². The Balaban J connectivity index is 0.000000348. The molecule has 0 spiro atoms. The maximum absolute atomic E-state index is 11.6. The number of fused-ring (bicyclic) bond motifs is 1. The van der Waals surface area contributed by atoms with Crippen molar-refractivity contribution in [1.29, 1.82) is 0 Å². The van der Waals surface area contributed by atoms with Gasteiger partial charge >= 0.3 is 0 Å². The van der Waals surface area contributed by atoms with E-state index in [1.165, 1.54) is 28.0 Å². The van der Waals surface area contributed by atoms with Crippen LogP contribution in [-0.4, -0.2) is 15.9 Å². The summed E-state index contributed by atoms with van der Waals surface area (Å²) in [5.41, 5.74) is 3.86. The number of aliphatic hydroxyl groups excluding tert-OH is 1. The van der Waals surface area contributed by atoms with Crippen LogP contribution in [0.25, 0.3) is 22.0 Å². The van der Waals surface area contributed by atoms with Crippen LogP contribution in [0.1, 0.15) is 66.0 Å². The van der Waals surface area contributed by atoms with Gasteiger partial charge in [0.05, 0.1) is 0 Å². The van der Waals surface area contributed by atoms with Crippen molar-refractivity contribution in [2.75, 3.05) is 0 Å². The van der Waals surface area contributed by atoms with Gasteiger partial charge in [-0.05, 0) is 29.3 Å². The van der Waals surface area contributed by atoms with E-state index in [0.29, 0.717) is 0 Å². The number of aliphatic hydroxyl groups is 1. The Morgan fingerprint density at radius 2 is 1.65 bits per heavy atom. The van der Waals surface area contributed by atoms with Gasteiger partial charge in [0.15, 0.2) is 5.78 Å². The molecule has 0 fully saturated rings. The monoisotopic (exact) mass is 637 g/mol. The molecule has 1 aromatic heterocycles. The molecule has 0 amide bonds. The number of carbonyl (C=O) groups excluding carboxylic acids is 1. The quantitative estimate of drug-likeness (QED) is 0.175. The maximum atomic E-state index is 11.6. The van der Waals surface area contributed by atoms with Crippen LogP contribution in [-0.2, 0) is 31.3 Å². The molecule has 1 heterocycles. The van der Waals surface area contributed by atoms with E-state index < -0.39 is 5.41 Å². The van der Waals surface area contributed by atoms with Crippen molar-refractivity contribution in [2.45, 2.75) is 68.2 Å². The molecule has 0 saturated carbocycles. The van der Waals surface area contributed by atoms with E-state index in [0.717, 1.165) is 24.1 Å². The zero-order chi connectivity index (χ0) is 24.8. The number of aryl methyl sites for hydroxylation is 2. The largest absolute Gasteiger partial charge is 0.512 e. The summed E-state index contributed by atoms with van der Waals surface area (Å²) in [6.07, 6.45) is 5.15. The summed E-state index contributed by atoms with van der Waals surface area (Å²) < 4.78 is 0. The van der Waals surface area contributed by atoms with Gasteiger partial charge in [0.1, 0.15) is 5.76 Å². The van der Waals surface area contributed by atoms with Crippen molar-refractivity contribution in [3.8, 4) is 11.3 Å². The Labute approximate surface area is 219 Å². The zero-order valence-electron chi connectivity index (χ0n) is 21.7. The summed E-state index contributed by atoms with van der Waals surface area (Å²) in [5, 5.41) is 12.1. The fourth-order valence-electron chi connectivity index (χ4n) is 3.08. The van der Waals surface area contributed by atoms with Gasteiger partial charge in [-0.2, -0.15) is 0 Å². The summed E-state index contributed by atoms with van der Waals surface area (Å²) in [4.78, 5) is 16.2. The standard InChI is InChI=1S/C18H16N.C12H22O2.Ir/c1-3-14-8-13(2)9-17(10-14)18-11-15-6-4-5-7-16(15)12-19-18;1-7-12(5,6)10(14)8-9(13)11(2,3)4;/h4-8,10-12H,3H2,1-2H3;8,14H,7H2,1-6H3;/q-1;;/b;10-8-;. The molecule has 0 unspecified atom stereocenters. The number of aromatic nitrogens is 1. The number of benzene rings is 2. The van der Waals surface area contributed by atoms with Crippen LogP contribution < -0.4 is 0 Å². The van der Waals surface area contributed by atoms with Gasteiger partial charge in [0, 0.05) is 43.2 Å². The molecule has 4 heteroatoms. The Hall–Kier alpha value is -2.29. The van der Waals surface area contributed by atoms with Gasteiger partial charge in [-0.15, -0.1) is 34.9 Å². The van der Waals surface area contributed by atoms with Crippen molar-refractivity contribution in [3.63, 3.8) is 0 Å². The topological polar surface area (TPSA) is 50.2 Å². The van der Waals surface area contributed by atoms with Gasteiger partial charge in [-0.3, -0.25) is 4.79 Å². The van der Waals surface area contributed by atoms with Crippen molar-refractivity contribution in [2.24, 2.45) is 10.8 Å². The molecule has 3 aromatic rings. The van der Waals surface area contributed by atoms with E-state index in [1.807, 2.05) is 53.8 Å². The van der Waals surface area contributed by atoms with Crippen molar-refractivity contribution in [3.05, 3.63) is 77.7 Å². The first-order chi connectivity index (χ1) is 15.4. The second kappa shape index (κ2) is 12.4. The molecular formula is C30H38IrNO2-. The predicted octanol–water partition coefficient (Wildman–Crippen LogP) is 8.05. The van der Waals surface area contributed by atoms with E-state index >= 15 is 0 Å². The van der Waals surface area contributed by atoms with Crippen LogP contribution in [0.3, 0.4) is 0 Å². The number of rotatable bonds is 5. The van der Waals surface area contributed by atoms with Crippen LogP contribution in [0.4, 0.5) is 0 Å². The SMILES string of the molecule is CCC(C)(C)/C(O)=C/C(=O)C(C)(C)C.CCc1cc(C)[c-]c(-c2cc3ccccc3cn2)c1.[Ir]. The molecule has 0 aliphatic rings. The van der Waals surface area contributed by atoms with Crippen molar-refractivity contribution in [1.82, 2.24) is 4.98 Å². The predicted molar refractivity (Wildman–Crippen MR) is 139 cm³/mol. The molecule has 2 aromatic carbocycles. The first kappa shape index (κ1) is 29.7. The van der Waals surface area contributed by atoms with Crippen molar-refractivity contribution >= 4 is 16.6 Å². The maximum Gasteiger partial charge on any atom is 0.164 e. The summed E-state index contributed by atoms with van der Waals surface area (Å²) in [5.74, 6) is 0.149. The second-order valence-electron chi connectivity index (χ2n) is 10.2. The minimum Gasteiger partial charge on any atom is -0.512 e. The number of allylic oxidation sites excluding steroid dienone is 2. The molecule has 0 atom stereocenters. The van der Waals surface area contributed by atoms with Gasteiger partial charge < -0.3 is 10.1 Å². The average molecular weight is 637 g/mol. The molecule has 0 aliphatic carbocycles. The third-order valence-electron chi connectivity index (χ3n) is 5.96. The number of carbonyl (C=O) groups is 1. The first-order valence-electron chi connectivity index (χ1n) is 11.7.